The van der Waals surface area contributed by atoms with E-state index in [4.69, 9.17) is 0 Å². The van der Waals surface area contributed by atoms with Crippen molar-refractivity contribution in [3.63, 3.8) is 0 Å². The van der Waals surface area contributed by atoms with Crippen LogP contribution in [-0.4, -0.2) is 36.1 Å². The van der Waals surface area contributed by atoms with Gasteiger partial charge in [-0.15, -0.1) is 5.10 Å². The zero-order valence-electron chi connectivity index (χ0n) is 22.3. The number of tetrazole rings is 1. The smallest absolute Gasteiger partial charge is 0.252 e. The van der Waals surface area contributed by atoms with E-state index in [2.05, 4.69) is 88.6 Å². The summed E-state index contributed by atoms with van der Waals surface area (Å²) in [7, 11) is 0. The molecule has 0 aliphatic heterocycles. The molecule has 1 atom stereocenters. The molecule has 2 aromatic heterocycles. The number of fused-ring (bicyclic) bond motifs is 1. The summed E-state index contributed by atoms with van der Waals surface area (Å²) >= 11 is 0. The second kappa shape index (κ2) is 11.4. The SMILES string of the molecule is CCC[C@H](c1nnnn1CCc1ccccc1)N(Cc1cc2cc(C)c(C)cc2[nH]c1=O)C1CCCC1. The Morgan fingerprint density at radius 1 is 1.08 bits per heavy atom. The first-order chi connectivity index (χ1) is 18.0. The van der Waals surface area contributed by atoms with Crippen LogP contribution in [0.2, 0.25) is 0 Å². The normalized spacial score (nSPS) is 15.1. The van der Waals surface area contributed by atoms with E-state index in [1.807, 2.05) is 10.7 Å². The number of rotatable bonds is 10. The molecule has 1 fully saturated rings. The summed E-state index contributed by atoms with van der Waals surface area (Å²) in [5, 5.41) is 14.1. The molecule has 1 aliphatic rings. The zero-order chi connectivity index (χ0) is 25.8. The molecule has 0 unspecified atom stereocenters. The van der Waals surface area contributed by atoms with Crippen molar-refractivity contribution >= 4 is 10.9 Å². The molecule has 1 saturated carbocycles. The van der Waals surface area contributed by atoms with Crippen LogP contribution in [0.15, 0.2) is 53.3 Å². The molecule has 2 aromatic carbocycles. The minimum atomic E-state index is -0.00216. The highest BCUT2D eigenvalue weighted by atomic mass is 16.1. The molecule has 7 heteroatoms. The zero-order valence-corrected chi connectivity index (χ0v) is 22.3. The van der Waals surface area contributed by atoms with Crippen LogP contribution in [0.25, 0.3) is 10.9 Å². The van der Waals surface area contributed by atoms with Crippen molar-refractivity contribution in [2.45, 2.75) is 90.9 Å². The van der Waals surface area contributed by atoms with E-state index in [0.29, 0.717) is 12.6 Å². The van der Waals surface area contributed by atoms with Crippen molar-refractivity contribution in [3.05, 3.63) is 87.0 Å². The van der Waals surface area contributed by atoms with Gasteiger partial charge in [0.05, 0.1) is 6.04 Å². The van der Waals surface area contributed by atoms with Gasteiger partial charge in [-0.1, -0.05) is 56.5 Å². The Labute approximate surface area is 218 Å². The minimum Gasteiger partial charge on any atom is -0.322 e. The maximum absolute atomic E-state index is 13.2. The number of nitrogens with one attached hydrogen (secondary N) is 1. The van der Waals surface area contributed by atoms with Crippen LogP contribution in [0.4, 0.5) is 0 Å². The van der Waals surface area contributed by atoms with Gasteiger partial charge in [-0.05, 0) is 90.2 Å². The number of benzene rings is 2. The molecule has 0 radical (unpaired) electrons. The molecule has 0 amide bonds. The predicted molar refractivity (Wildman–Crippen MR) is 147 cm³/mol. The molecule has 4 aromatic rings. The lowest BCUT2D eigenvalue weighted by Crippen LogP contribution is -2.39. The Morgan fingerprint density at radius 2 is 1.84 bits per heavy atom. The third kappa shape index (κ3) is 5.67. The molecule has 2 heterocycles. The van der Waals surface area contributed by atoms with Crippen molar-refractivity contribution in [1.29, 1.82) is 0 Å². The van der Waals surface area contributed by atoms with E-state index in [-0.39, 0.29) is 11.6 Å². The molecule has 5 rings (SSSR count). The second-order valence-corrected chi connectivity index (χ2v) is 10.6. The molecule has 0 saturated heterocycles. The highest BCUT2D eigenvalue weighted by Crippen LogP contribution is 2.34. The predicted octanol–water partition coefficient (Wildman–Crippen LogP) is 5.66. The van der Waals surface area contributed by atoms with Crippen LogP contribution < -0.4 is 5.56 Å². The summed E-state index contributed by atoms with van der Waals surface area (Å²) in [6.07, 6.45) is 7.60. The lowest BCUT2D eigenvalue weighted by atomic mass is 10.0. The van der Waals surface area contributed by atoms with Crippen LogP contribution in [0.3, 0.4) is 0 Å². The van der Waals surface area contributed by atoms with Gasteiger partial charge in [0.25, 0.3) is 5.56 Å². The summed E-state index contributed by atoms with van der Waals surface area (Å²) in [6.45, 7) is 7.75. The lowest BCUT2D eigenvalue weighted by molar-refractivity contribution is 0.108. The average molecular weight is 499 g/mol. The number of nitrogens with zero attached hydrogens (tertiary/aromatic N) is 5. The van der Waals surface area contributed by atoms with E-state index >= 15 is 0 Å². The fraction of sp³-hybridized carbons (Fsp3) is 0.467. The Bertz CT molecular complexity index is 1390. The third-order valence-corrected chi connectivity index (χ3v) is 7.96. The van der Waals surface area contributed by atoms with Gasteiger partial charge < -0.3 is 4.98 Å². The Kier molecular flexibility index (Phi) is 7.79. The van der Waals surface area contributed by atoms with Gasteiger partial charge >= 0.3 is 0 Å². The molecule has 0 spiro atoms. The summed E-state index contributed by atoms with van der Waals surface area (Å²) in [4.78, 5) is 18.9. The van der Waals surface area contributed by atoms with Gasteiger partial charge in [-0.3, -0.25) is 9.69 Å². The molecule has 7 nitrogen and oxygen atoms in total. The third-order valence-electron chi connectivity index (χ3n) is 7.96. The first-order valence-corrected chi connectivity index (χ1v) is 13.7. The average Bonchev–Trinajstić information content (AvgIpc) is 3.59. The van der Waals surface area contributed by atoms with Crippen molar-refractivity contribution in [1.82, 2.24) is 30.1 Å². The van der Waals surface area contributed by atoms with E-state index in [1.165, 1.54) is 29.5 Å². The Morgan fingerprint density at radius 3 is 2.59 bits per heavy atom. The lowest BCUT2D eigenvalue weighted by Gasteiger charge is -2.35. The number of H-pyrrole nitrogens is 1. The van der Waals surface area contributed by atoms with Gasteiger partial charge in [0.2, 0.25) is 0 Å². The number of hydrogen-bond donors (Lipinski definition) is 1. The fourth-order valence-electron chi connectivity index (χ4n) is 5.77. The fourth-order valence-corrected chi connectivity index (χ4v) is 5.77. The summed E-state index contributed by atoms with van der Waals surface area (Å²) in [5.74, 6) is 0.911. The van der Waals surface area contributed by atoms with Crippen molar-refractivity contribution in [2.24, 2.45) is 0 Å². The standard InChI is InChI=1S/C30H38N6O/c1-4-10-28(29-32-33-34-36(29)16-15-23-11-6-5-7-12-23)35(26-13-8-9-14-26)20-25-19-24-17-21(2)22(3)18-27(24)31-30(25)37/h5-7,11-12,17-19,26,28H,4,8-10,13-16,20H2,1-3H3,(H,31,37)/t28-/m1/s1. The topological polar surface area (TPSA) is 79.7 Å². The highest BCUT2D eigenvalue weighted by molar-refractivity contribution is 5.80. The molecule has 1 N–H and O–H groups in total. The monoisotopic (exact) mass is 498 g/mol. The second-order valence-electron chi connectivity index (χ2n) is 10.6. The van der Waals surface area contributed by atoms with E-state index < -0.39 is 0 Å². The molecule has 0 bridgehead atoms. The number of pyridine rings is 1. The number of aryl methyl sites for hydroxylation is 4. The van der Waals surface area contributed by atoms with Crippen molar-refractivity contribution in [3.8, 4) is 0 Å². The van der Waals surface area contributed by atoms with Gasteiger partial charge in [0.15, 0.2) is 5.82 Å². The summed E-state index contributed by atoms with van der Waals surface area (Å²) in [5.41, 5.74) is 5.41. The number of hydrogen-bond acceptors (Lipinski definition) is 5. The summed E-state index contributed by atoms with van der Waals surface area (Å²) in [6, 6.07) is 17.3. The largest absolute Gasteiger partial charge is 0.322 e. The van der Waals surface area contributed by atoms with Crippen LogP contribution >= 0.6 is 0 Å². The van der Waals surface area contributed by atoms with Gasteiger partial charge in [0.1, 0.15) is 0 Å². The maximum atomic E-state index is 13.2. The van der Waals surface area contributed by atoms with Gasteiger partial charge in [0, 0.05) is 30.2 Å². The van der Waals surface area contributed by atoms with Crippen molar-refractivity contribution < 1.29 is 0 Å². The number of aromatic nitrogens is 5. The first kappa shape index (κ1) is 25.3. The van der Waals surface area contributed by atoms with Crippen LogP contribution in [0, 0.1) is 13.8 Å². The summed E-state index contributed by atoms with van der Waals surface area (Å²) < 4.78 is 1.98. The molecular weight excluding hydrogens is 460 g/mol. The maximum Gasteiger partial charge on any atom is 0.252 e. The molecular formula is C30H38N6O. The minimum absolute atomic E-state index is 0.00216. The molecule has 37 heavy (non-hydrogen) atoms. The quantitative estimate of drug-likeness (QED) is 0.305. The van der Waals surface area contributed by atoms with E-state index in [1.54, 1.807) is 0 Å². The van der Waals surface area contributed by atoms with Crippen LogP contribution in [0.1, 0.15) is 79.6 Å². The molecule has 1 aliphatic carbocycles. The van der Waals surface area contributed by atoms with Gasteiger partial charge in [-0.25, -0.2) is 4.68 Å². The van der Waals surface area contributed by atoms with Crippen LogP contribution in [0.5, 0.6) is 0 Å². The van der Waals surface area contributed by atoms with Crippen molar-refractivity contribution in [2.75, 3.05) is 0 Å². The van der Waals surface area contributed by atoms with E-state index in [9.17, 15) is 4.79 Å². The molecule has 194 valence electrons. The van der Waals surface area contributed by atoms with Crippen LogP contribution in [-0.2, 0) is 19.5 Å². The first-order valence-electron chi connectivity index (χ1n) is 13.7. The van der Waals surface area contributed by atoms with Gasteiger partial charge in [-0.2, -0.15) is 0 Å². The Balaban J connectivity index is 1.48. The van der Waals surface area contributed by atoms with E-state index in [0.717, 1.165) is 60.9 Å². The highest BCUT2D eigenvalue weighted by Gasteiger charge is 2.33. The number of aromatic amines is 1. The Hall–Kier alpha value is -3.32.